The molecular weight excluding hydrogens is 946 g/mol. The van der Waals surface area contributed by atoms with E-state index >= 15 is 0 Å². The maximum absolute atomic E-state index is 13.2. The van der Waals surface area contributed by atoms with Crippen molar-refractivity contribution in [2.45, 2.75) is 187 Å². The van der Waals surface area contributed by atoms with E-state index in [0.717, 1.165) is 0 Å². The Morgan fingerprint density at radius 1 is 0.686 bits per heavy atom. The molecule has 0 spiro atoms. The van der Waals surface area contributed by atoms with E-state index in [0.29, 0.717) is 5.56 Å². The van der Waals surface area contributed by atoms with Crippen molar-refractivity contribution in [3.05, 3.63) is 35.9 Å². The molecule has 5 heterocycles. The highest BCUT2D eigenvalue weighted by Gasteiger charge is 2.59. The molecule has 6 rings (SSSR count). The van der Waals surface area contributed by atoms with E-state index in [1.54, 1.807) is 30.3 Å². The van der Waals surface area contributed by atoms with Crippen LogP contribution in [0, 0.1) is 5.92 Å². The average Bonchev–Trinajstić information content (AvgIpc) is 3.34. The quantitative estimate of drug-likeness (QED) is 0.0452. The van der Waals surface area contributed by atoms with Crippen LogP contribution < -0.4 is 5.32 Å². The zero-order valence-corrected chi connectivity index (χ0v) is 38.3. The van der Waals surface area contributed by atoms with Crippen LogP contribution in [0.4, 0.5) is 0 Å². The summed E-state index contributed by atoms with van der Waals surface area (Å²) in [6.45, 7) is 0.312. The van der Waals surface area contributed by atoms with Crippen molar-refractivity contribution in [2.75, 3.05) is 26.4 Å². The smallest absolute Gasteiger partial charge is 0.332 e. The molecule has 27 nitrogen and oxygen atoms in total. The van der Waals surface area contributed by atoms with Gasteiger partial charge in [0, 0.05) is 5.92 Å². The number of aliphatic hydroxyl groups excluding tert-OH is 14. The second kappa shape index (κ2) is 24.5. The van der Waals surface area contributed by atoms with Crippen LogP contribution in [0.5, 0.6) is 0 Å². The minimum Gasteiger partial charge on any atom is -0.410 e. The van der Waals surface area contributed by atoms with Gasteiger partial charge in [-0.15, -0.1) is 0 Å². The van der Waals surface area contributed by atoms with E-state index < -0.39 is 198 Å². The normalized spacial score (nSPS) is 45.6. The van der Waals surface area contributed by atoms with Gasteiger partial charge in [-0.2, -0.15) is 0 Å². The van der Waals surface area contributed by atoms with Crippen LogP contribution >= 0.6 is 0 Å². The number of hydrogen-bond acceptors (Lipinski definition) is 26. The lowest BCUT2D eigenvalue weighted by molar-refractivity contribution is -0.443. The molecule has 5 aliphatic heterocycles. The topological polar surface area (TPSA) is 422 Å². The van der Waals surface area contributed by atoms with Gasteiger partial charge >= 0.3 is 5.97 Å². The highest BCUT2D eigenvalue weighted by molar-refractivity contribution is 5.79. The summed E-state index contributed by atoms with van der Waals surface area (Å²) in [6.07, 6.45) is -40.5. The minimum atomic E-state index is -2.80. The van der Waals surface area contributed by atoms with Gasteiger partial charge in [0.05, 0.1) is 69.7 Å². The van der Waals surface area contributed by atoms with Gasteiger partial charge in [-0.1, -0.05) is 37.3 Å². The molecule has 5 aliphatic rings. The Kier molecular flexibility index (Phi) is 19.8. The summed E-state index contributed by atoms with van der Waals surface area (Å²) in [4.78, 5) is 25.4. The van der Waals surface area contributed by atoms with Crippen molar-refractivity contribution in [3.63, 3.8) is 0 Å². The number of aliphatic hydroxyl groups is 14. The first-order valence-electron chi connectivity index (χ1n) is 22.9. The third-order valence-electron chi connectivity index (χ3n) is 13.3. The molecule has 0 saturated carbocycles. The molecule has 0 aromatic heterocycles. The molecule has 27 heteroatoms. The third kappa shape index (κ3) is 12.3. The third-order valence-corrected chi connectivity index (χ3v) is 13.3. The largest absolute Gasteiger partial charge is 0.410 e. The molecule has 9 unspecified atom stereocenters. The Labute approximate surface area is 400 Å². The van der Waals surface area contributed by atoms with Crippen LogP contribution in [0.2, 0.25) is 0 Å². The maximum atomic E-state index is 13.2. The molecule has 0 aliphatic carbocycles. The number of carbonyl (C=O) groups is 2. The molecule has 1 aromatic rings. The van der Waals surface area contributed by atoms with E-state index in [4.69, 9.17) is 47.4 Å². The lowest BCUT2D eigenvalue weighted by Gasteiger charge is -2.52. The van der Waals surface area contributed by atoms with Crippen LogP contribution in [0.1, 0.15) is 32.8 Å². The molecule has 0 bridgehead atoms. The Bertz CT molecular complexity index is 1790. The summed E-state index contributed by atoms with van der Waals surface area (Å²) < 4.78 is 59.0. The first kappa shape index (κ1) is 56.5. The summed E-state index contributed by atoms with van der Waals surface area (Å²) in [7, 11) is 0. The summed E-state index contributed by atoms with van der Waals surface area (Å²) in [5.74, 6) is -4.70. The second-order valence-corrected chi connectivity index (χ2v) is 18.1. The van der Waals surface area contributed by atoms with Crippen LogP contribution in [-0.4, -0.2) is 263 Å². The SMILES string of the molecule is CC1O[C@@H](OC2[C@H](O[C@@H]3C(C)[C@H](O[C@H]4C(CO)O[C@@H](C)C(O)[C@H]4O[C@]4(OC=O)C[C@@H](O)[C@@H](NC(=O)Cc5ccccc5)C([C@H](O)[C@H](O)CO)O4)OC(CO)[C@@H]3O)OC(CO)[C@H](O)[C@@H]2O)C(O)[C@@H](O)[C@@H]1O. The lowest BCUT2D eigenvalue weighted by atomic mass is 9.90. The summed E-state index contributed by atoms with van der Waals surface area (Å²) in [5, 5.41) is 153. The van der Waals surface area contributed by atoms with Crippen molar-refractivity contribution in [1.29, 1.82) is 0 Å². The highest BCUT2D eigenvalue weighted by atomic mass is 16.9. The van der Waals surface area contributed by atoms with Gasteiger partial charge in [-0.3, -0.25) is 9.59 Å². The molecule has 1 aromatic carbocycles. The first-order chi connectivity index (χ1) is 33.2. The van der Waals surface area contributed by atoms with E-state index in [9.17, 15) is 81.1 Å². The molecule has 5 saturated heterocycles. The molecule has 26 atom stereocenters. The number of rotatable bonds is 19. The van der Waals surface area contributed by atoms with Crippen molar-refractivity contribution in [3.8, 4) is 0 Å². The molecular formula is C43H67NO26. The Morgan fingerprint density at radius 3 is 1.91 bits per heavy atom. The molecule has 5 fully saturated rings. The Balaban J connectivity index is 1.28. The second-order valence-electron chi connectivity index (χ2n) is 18.1. The average molecular weight is 1010 g/mol. The summed E-state index contributed by atoms with van der Waals surface area (Å²) in [5.41, 5.74) is 0.570. The van der Waals surface area contributed by atoms with Gasteiger partial charge in [0.15, 0.2) is 18.9 Å². The number of nitrogens with one attached hydrogen (secondary N) is 1. The van der Waals surface area contributed by atoms with E-state index in [2.05, 4.69) is 5.32 Å². The Hall–Kier alpha value is -2.76. The van der Waals surface area contributed by atoms with E-state index in [1.807, 2.05) is 0 Å². The molecule has 15 N–H and O–H groups in total. The van der Waals surface area contributed by atoms with Gasteiger partial charge < -0.3 is 124 Å². The maximum Gasteiger partial charge on any atom is 0.332 e. The molecule has 70 heavy (non-hydrogen) atoms. The molecule has 400 valence electrons. The molecule has 0 radical (unpaired) electrons. The summed E-state index contributed by atoms with van der Waals surface area (Å²) in [6, 6.07) is 6.87. The fraction of sp³-hybridized carbons (Fsp3) is 0.814. The minimum absolute atomic E-state index is 0.155. The van der Waals surface area contributed by atoms with E-state index in [1.165, 1.54) is 20.8 Å². The van der Waals surface area contributed by atoms with Crippen LogP contribution in [0.3, 0.4) is 0 Å². The highest BCUT2D eigenvalue weighted by Crippen LogP contribution is 2.41. The lowest BCUT2D eigenvalue weighted by Crippen LogP contribution is -2.70. The van der Waals surface area contributed by atoms with Gasteiger partial charge in [0.1, 0.15) is 97.7 Å². The fourth-order valence-electron chi connectivity index (χ4n) is 9.22. The number of amides is 1. The molecule has 1 amide bonds. The van der Waals surface area contributed by atoms with Gasteiger partial charge in [0.25, 0.3) is 6.47 Å². The number of carbonyl (C=O) groups excluding carboxylic acids is 2. The Morgan fingerprint density at radius 2 is 1.29 bits per heavy atom. The predicted molar refractivity (Wildman–Crippen MR) is 225 cm³/mol. The number of ether oxygens (including phenoxy) is 10. The van der Waals surface area contributed by atoms with Crippen molar-refractivity contribution < 1.29 is 128 Å². The van der Waals surface area contributed by atoms with Crippen LogP contribution in [0.25, 0.3) is 0 Å². The number of hydrogen-bond donors (Lipinski definition) is 15. The fourth-order valence-corrected chi connectivity index (χ4v) is 9.22. The zero-order chi connectivity index (χ0) is 51.4. The van der Waals surface area contributed by atoms with Crippen molar-refractivity contribution >= 4 is 12.4 Å². The van der Waals surface area contributed by atoms with Gasteiger partial charge in [-0.05, 0) is 19.4 Å². The zero-order valence-electron chi connectivity index (χ0n) is 38.3. The van der Waals surface area contributed by atoms with Crippen molar-refractivity contribution in [1.82, 2.24) is 5.32 Å². The van der Waals surface area contributed by atoms with Crippen molar-refractivity contribution in [2.24, 2.45) is 5.92 Å². The monoisotopic (exact) mass is 1010 g/mol. The van der Waals surface area contributed by atoms with E-state index in [-0.39, 0.29) is 12.9 Å². The number of benzene rings is 1. The van der Waals surface area contributed by atoms with Crippen LogP contribution in [0.15, 0.2) is 30.3 Å². The summed E-state index contributed by atoms with van der Waals surface area (Å²) >= 11 is 0. The first-order valence-corrected chi connectivity index (χ1v) is 22.9. The van der Waals surface area contributed by atoms with Gasteiger partial charge in [-0.25, -0.2) is 0 Å². The standard InChI is InChI=1S/C43H67NO26/c1-16-35(66-42-39(33(59)30(56)22(12-46)65-42)68-41-34(60)32(58)27(53)17(2)63-41)31(57)23(13-47)64-40(16)67-36-24(14-48)62-18(3)28(54)38(36)70-43(61-15-49)10-20(50)26(37(69-43)29(55)21(51)11-45)44-25(52)9-19-7-5-4-6-8-19/h4-8,15-18,20-24,26-42,45-48,50-51,53-60H,9-14H2,1-3H3,(H,44,52)/t16?,17?,18-,20+,21+,22?,23?,24?,26+,27+,28?,29+,30-,31-,32-,33-,34?,35+,36-,37?,38+,39?,40-,41-,42-,43-/m0/s1. The predicted octanol–water partition coefficient (Wildman–Crippen LogP) is -7.93. The van der Waals surface area contributed by atoms with Crippen LogP contribution in [-0.2, 0) is 63.4 Å². The van der Waals surface area contributed by atoms with Gasteiger partial charge in [0.2, 0.25) is 5.91 Å².